The largest absolute Gasteiger partial charge is 0.309 e. The maximum absolute atomic E-state index is 12.5. The van der Waals surface area contributed by atoms with Gasteiger partial charge in [0.05, 0.1) is 30.8 Å². The number of nitrogens with one attached hydrogen (secondary N) is 2. The van der Waals surface area contributed by atoms with E-state index in [1.54, 1.807) is 0 Å². The van der Waals surface area contributed by atoms with E-state index in [1.807, 2.05) is 4.68 Å². The van der Waals surface area contributed by atoms with Crippen LogP contribution < -0.4 is 10.9 Å². The van der Waals surface area contributed by atoms with Crippen molar-refractivity contribution in [1.82, 2.24) is 20.1 Å². The Morgan fingerprint density at radius 2 is 2.09 bits per heavy atom. The van der Waals surface area contributed by atoms with Gasteiger partial charge >= 0.3 is 0 Å². The minimum atomic E-state index is 0.0243. The zero-order chi connectivity index (χ0) is 15.8. The molecule has 0 unspecified atom stereocenters. The molecule has 0 radical (unpaired) electrons. The fourth-order valence-electron chi connectivity index (χ4n) is 4.00. The van der Waals surface area contributed by atoms with E-state index in [9.17, 15) is 4.79 Å². The van der Waals surface area contributed by atoms with Crippen molar-refractivity contribution in [2.45, 2.75) is 57.5 Å². The van der Waals surface area contributed by atoms with Crippen molar-refractivity contribution in [3.63, 3.8) is 0 Å². The number of hydrogen-bond donors (Lipinski definition) is 2. The van der Waals surface area contributed by atoms with E-state index in [-0.39, 0.29) is 11.6 Å². The highest BCUT2D eigenvalue weighted by molar-refractivity contribution is 5.84. The summed E-state index contributed by atoms with van der Waals surface area (Å²) >= 11 is 0. The number of aromatic amines is 1. The van der Waals surface area contributed by atoms with Gasteiger partial charge in [-0.2, -0.15) is 10.4 Å². The Kier molecular flexibility index (Phi) is 3.66. The Morgan fingerprint density at radius 1 is 1.26 bits per heavy atom. The monoisotopic (exact) mass is 311 g/mol. The predicted octanol–water partition coefficient (Wildman–Crippen LogP) is 1.94. The lowest BCUT2D eigenvalue weighted by Gasteiger charge is -2.17. The molecule has 2 N–H and O–H groups in total. The molecule has 120 valence electrons. The molecule has 0 aromatic carbocycles. The molecule has 23 heavy (non-hydrogen) atoms. The number of aromatic nitrogens is 3. The van der Waals surface area contributed by atoms with E-state index in [1.165, 1.54) is 5.56 Å². The molecule has 6 heteroatoms. The van der Waals surface area contributed by atoms with Gasteiger partial charge in [-0.25, -0.2) is 4.68 Å². The number of rotatable bonds is 3. The zero-order valence-electron chi connectivity index (χ0n) is 13.2. The van der Waals surface area contributed by atoms with Crippen LogP contribution in [0.2, 0.25) is 0 Å². The third kappa shape index (κ3) is 2.36. The third-order valence-corrected chi connectivity index (χ3v) is 5.08. The zero-order valence-corrected chi connectivity index (χ0v) is 13.2. The van der Waals surface area contributed by atoms with Gasteiger partial charge in [0, 0.05) is 10.9 Å². The van der Waals surface area contributed by atoms with Crippen LogP contribution in [0.25, 0.3) is 11.0 Å². The summed E-state index contributed by atoms with van der Waals surface area (Å²) in [5.74, 6) is 0. The second-order valence-electron chi connectivity index (χ2n) is 6.51. The van der Waals surface area contributed by atoms with Gasteiger partial charge in [0.25, 0.3) is 5.56 Å². The van der Waals surface area contributed by atoms with Crippen LogP contribution in [0.15, 0.2) is 4.79 Å². The molecule has 4 rings (SSSR count). The van der Waals surface area contributed by atoms with Crippen molar-refractivity contribution in [2.24, 2.45) is 0 Å². The summed E-state index contributed by atoms with van der Waals surface area (Å²) in [6.45, 7) is 1.54. The van der Waals surface area contributed by atoms with E-state index in [2.05, 4.69) is 16.4 Å². The van der Waals surface area contributed by atoms with Crippen LogP contribution in [0.5, 0.6) is 0 Å². The Balaban J connectivity index is 1.96. The summed E-state index contributed by atoms with van der Waals surface area (Å²) in [6.07, 6.45) is 6.67. The van der Waals surface area contributed by atoms with Gasteiger partial charge in [0.1, 0.15) is 5.65 Å². The van der Waals surface area contributed by atoms with Gasteiger partial charge in [-0.3, -0.25) is 4.79 Å². The van der Waals surface area contributed by atoms with Crippen molar-refractivity contribution in [3.05, 3.63) is 27.2 Å². The van der Waals surface area contributed by atoms with Crippen LogP contribution >= 0.6 is 0 Å². The van der Waals surface area contributed by atoms with Crippen molar-refractivity contribution in [3.8, 4) is 6.07 Å². The molecule has 1 atom stereocenters. The molecule has 1 aliphatic heterocycles. The van der Waals surface area contributed by atoms with Crippen molar-refractivity contribution in [2.75, 3.05) is 6.54 Å². The molecule has 2 aromatic heterocycles. The van der Waals surface area contributed by atoms with E-state index in [0.29, 0.717) is 13.0 Å². The van der Waals surface area contributed by atoms with Crippen LogP contribution in [-0.2, 0) is 19.4 Å². The van der Waals surface area contributed by atoms with Crippen LogP contribution in [0.3, 0.4) is 0 Å². The molecule has 1 saturated heterocycles. The molecule has 0 amide bonds. The predicted molar refractivity (Wildman–Crippen MR) is 87.2 cm³/mol. The van der Waals surface area contributed by atoms with E-state index in [0.717, 1.165) is 67.4 Å². The number of H-pyrrole nitrogens is 1. The Bertz CT molecular complexity index is 835. The Hall–Kier alpha value is -2.13. The SMILES string of the molecule is N#CCCn1nc([C@H]2CCCN2)c2c3c(c(=O)[nH]c21)CCCC3. The van der Waals surface area contributed by atoms with E-state index < -0.39 is 0 Å². The average Bonchev–Trinajstić information content (AvgIpc) is 3.21. The standard InChI is InChI=1S/C17H21N5O/c18-8-4-10-22-16-14(15(21-22)13-7-3-9-19-13)11-5-1-2-6-12(11)17(23)20-16/h13,19H,1-7,9-10H2,(H,20,23)/t13-/m1/s1. The van der Waals surface area contributed by atoms with Crippen LogP contribution in [0.4, 0.5) is 0 Å². The topological polar surface area (TPSA) is 86.5 Å². The van der Waals surface area contributed by atoms with Gasteiger partial charge in [0.2, 0.25) is 0 Å². The van der Waals surface area contributed by atoms with E-state index in [4.69, 9.17) is 10.4 Å². The molecule has 2 aromatic rings. The van der Waals surface area contributed by atoms with Crippen LogP contribution in [0, 0.1) is 11.3 Å². The fraction of sp³-hybridized carbons (Fsp3) is 0.588. The average molecular weight is 311 g/mol. The van der Waals surface area contributed by atoms with Crippen molar-refractivity contribution >= 4 is 11.0 Å². The highest BCUT2D eigenvalue weighted by atomic mass is 16.1. The summed E-state index contributed by atoms with van der Waals surface area (Å²) in [6, 6.07) is 2.43. The summed E-state index contributed by atoms with van der Waals surface area (Å²) in [5, 5.41) is 18.3. The molecule has 1 fully saturated rings. The number of nitrogens with zero attached hydrogens (tertiary/aromatic N) is 3. The van der Waals surface area contributed by atoms with E-state index >= 15 is 0 Å². The highest BCUT2D eigenvalue weighted by Crippen LogP contribution is 2.33. The maximum atomic E-state index is 12.5. The molecule has 1 aliphatic carbocycles. The molecule has 0 bridgehead atoms. The summed E-state index contributed by atoms with van der Waals surface area (Å²) in [7, 11) is 0. The number of fused-ring (bicyclic) bond motifs is 3. The number of aryl methyl sites for hydroxylation is 2. The summed E-state index contributed by atoms with van der Waals surface area (Å²) in [4.78, 5) is 15.5. The quantitative estimate of drug-likeness (QED) is 0.907. The maximum Gasteiger partial charge on any atom is 0.253 e. The lowest BCUT2D eigenvalue weighted by molar-refractivity contribution is 0.580. The lowest BCUT2D eigenvalue weighted by Crippen LogP contribution is -2.20. The number of hydrogen-bond acceptors (Lipinski definition) is 4. The minimum absolute atomic E-state index is 0.0243. The van der Waals surface area contributed by atoms with Gasteiger partial charge < -0.3 is 10.3 Å². The highest BCUT2D eigenvalue weighted by Gasteiger charge is 2.27. The molecule has 0 spiro atoms. The minimum Gasteiger partial charge on any atom is -0.309 e. The summed E-state index contributed by atoms with van der Waals surface area (Å²) in [5.41, 5.74) is 4.03. The molecule has 3 heterocycles. The van der Waals surface area contributed by atoms with Crippen LogP contribution in [0.1, 0.15) is 55.0 Å². The third-order valence-electron chi connectivity index (χ3n) is 5.08. The molecule has 0 saturated carbocycles. The van der Waals surface area contributed by atoms with Gasteiger partial charge in [0.15, 0.2) is 0 Å². The second kappa shape index (κ2) is 5.82. The fourth-order valence-corrected chi connectivity index (χ4v) is 4.00. The van der Waals surface area contributed by atoms with Gasteiger partial charge in [-0.05, 0) is 50.6 Å². The Morgan fingerprint density at radius 3 is 2.83 bits per heavy atom. The Labute approximate surface area is 134 Å². The van der Waals surface area contributed by atoms with Crippen LogP contribution in [-0.4, -0.2) is 21.3 Å². The molecule has 2 aliphatic rings. The number of pyridine rings is 1. The second-order valence-corrected chi connectivity index (χ2v) is 6.51. The van der Waals surface area contributed by atoms with Gasteiger partial charge in [-0.15, -0.1) is 0 Å². The van der Waals surface area contributed by atoms with Crippen molar-refractivity contribution in [1.29, 1.82) is 5.26 Å². The first-order valence-electron chi connectivity index (χ1n) is 8.54. The molecular formula is C17H21N5O. The lowest BCUT2D eigenvalue weighted by atomic mass is 9.89. The summed E-state index contributed by atoms with van der Waals surface area (Å²) < 4.78 is 1.82. The first kappa shape index (κ1) is 14.5. The normalized spacial score (nSPS) is 20.6. The molecular weight excluding hydrogens is 290 g/mol. The van der Waals surface area contributed by atoms with Crippen molar-refractivity contribution < 1.29 is 0 Å². The smallest absolute Gasteiger partial charge is 0.253 e. The van der Waals surface area contributed by atoms with Gasteiger partial charge in [-0.1, -0.05) is 0 Å². The first-order chi connectivity index (χ1) is 11.3. The molecule has 6 nitrogen and oxygen atoms in total. The number of nitriles is 1. The first-order valence-corrected chi connectivity index (χ1v) is 8.54.